The van der Waals surface area contributed by atoms with E-state index in [1.807, 2.05) is 56.3 Å². The van der Waals surface area contributed by atoms with Crippen molar-refractivity contribution in [2.24, 2.45) is 0 Å². The van der Waals surface area contributed by atoms with Crippen molar-refractivity contribution in [3.05, 3.63) is 82.9 Å². The first kappa shape index (κ1) is 22.9. The predicted octanol–water partition coefficient (Wildman–Crippen LogP) is 6.01. The van der Waals surface area contributed by atoms with E-state index in [1.54, 1.807) is 25.1 Å². The SMILES string of the molecule is CCOC(=O)c1cc(CC)c(Nc2ccccc2C)cc1Nc1ccccc1C(=O)OC. The molecule has 166 valence electrons. The van der Waals surface area contributed by atoms with Gasteiger partial charge in [0.05, 0.1) is 36.2 Å². The molecule has 6 nitrogen and oxygen atoms in total. The molecule has 0 aliphatic rings. The molecule has 6 heteroatoms. The van der Waals surface area contributed by atoms with E-state index >= 15 is 0 Å². The second-order valence-electron chi connectivity index (χ2n) is 7.23. The van der Waals surface area contributed by atoms with Gasteiger partial charge in [0.2, 0.25) is 0 Å². The molecule has 32 heavy (non-hydrogen) atoms. The minimum absolute atomic E-state index is 0.266. The second-order valence-corrected chi connectivity index (χ2v) is 7.23. The third kappa shape index (κ3) is 5.09. The minimum Gasteiger partial charge on any atom is -0.465 e. The number of rotatable bonds is 8. The third-order valence-electron chi connectivity index (χ3n) is 5.14. The van der Waals surface area contributed by atoms with Crippen molar-refractivity contribution in [3.8, 4) is 0 Å². The Labute approximate surface area is 188 Å². The number of nitrogens with one attached hydrogen (secondary N) is 2. The number of esters is 2. The molecule has 3 aromatic carbocycles. The van der Waals surface area contributed by atoms with Crippen LogP contribution in [0.15, 0.2) is 60.7 Å². The van der Waals surface area contributed by atoms with Gasteiger partial charge in [-0.25, -0.2) is 9.59 Å². The minimum atomic E-state index is -0.464. The molecule has 3 aromatic rings. The molecule has 0 unspecified atom stereocenters. The summed E-state index contributed by atoms with van der Waals surface area (Å²) in [5, 5.41) is 6.73. The molecule has 0 radical (unpaired) electrons. The molecular weight excluding hydrogens is 404 g/mol. The van der Waals surface area contributed by atoms with Gasteiger partial charge in [-0.3, -0.25) is 0 Å². The van der Waals surface area contributed by atoms with Crippen LogP contribution in [0.2, 0.25) is 0 Å². The van der Waals surface area contributed by atoms with Crippen molar-refractivity contribution < 1.29 is 19.1 Å². The zero-order valence-electron chi connectivity index (χ0n) is 18.8. The molecule has 0 aliphatic heterocycles. The zero-order chi connectivity index (χ0) is 23.1. The zero-order valence-corrected chi connectivity index (χ0v) is 18.8. The van der Waals surface area contributed by atoms with E-state index in [0.29, 0.717) is 22.5 Å². The highest BCUT2D eigenvalue weighted by molar-refractivity contribution is 6.01. The fourth-order valence-corrected chi connectivity index (χ4v) is 3.42. The van der Waals surface area contributed by atoms with Crippen LogP contribution in [0.4, 0.5) is 22.7 Å². The lowest BCUT2D eigenvalue weighted by Crippen LogP contribution is -2.12. The maximum atomic E-state index is 12.7. The fourth-order valence-electron chi connectivity index (χ4n) is 3.42. The highest BCUT2D eigenvalue weighted by Gasteiger charge is 2.19. The highest BCUT2D eigenvalue weighted by atomic mass is 16.5. The van der Waals surface area contributed by atoms with Gasteiger partial charge in [-0.1, -0.05) is 37.3 Å². The Bertz CT molecular complexity index is 1120. The highest BCUT2D eigenvalue weighted by Crippen LogP contribution is 2.33. The molecule has 0 saturated carbocycles. The number of carbonyl (C=O) groups is 2. The standard InChI is InChI=1S/C26H28N2O4/c1-5-18-15-20(26(30)32-6-2)24(16-23(18)27-21-13-9-7-11-17(21)3)28-22-14-10-8-12-19(22)25(29)31-4/h7-16,27-28H,5-6H2,1-4H3. The first-order chi connectivity index (χ1) is 15.5. The molecule has 0 saturated heterocycles. The largest absolute Gasteiger partial charge is 0.465 e. The smallest absolute Gasteiger partial charge is 0.340 e. The summed E-state index contributed by atoms with van der Waals surface area (Å²) in [4.78, 5) is 25.0. The molecule has 0 spiro atoms. The lowest BCUT2D eigenvalue weighted by Gasteiger charge is -2.19. The van der Waals surface area contributed by atoms with E-state index in [4.69, 9.17) is 9.47 Å². The maximum Gasteiger partial charge on any atom is 0.340 e. The van der Waals surface area contributed by atoms with Gasteiger partial charge in [-0.15, -0.1) is 0 Å². The average molecular weight is 433 g/mol. The van der Waals surface area contributed by atoms with Crippen LogP contribution in [-0.2, 0) is 15.9 Å². The average Bonchev–Trinajstić information content (AvgIpc) is 2.80. The monoisotopic (exact) mass is 432 g/mol. The number of ether oxygens (including phenoxy) is 2. The van der Waals surface area contributed by atoms with Crippen LogP contribution >= 0.6 is 0 Å². The summed E-state index contributed by atoms with van der Waals surface area (Å²) >= 11 is 0. The van der Waals surface area contributed by atoms with Crippen molar-refractivity contribution in [2.45, 2.75) is 27.2 Å². The molecule has 0 heterocycles. The molecule has 0 bridgehead atoms. The van der Waals surface area contributed by atoms with E-state index in [2.05, 4.69) is 10.6 Å². The Morgan fingerprint density at radius 2 is 1.44 bits per heavy atom. The van der Waals surface area contributed by atoms with Crippen LogP contribution in [0.5, 0.6) is 0 Å². The van der Waals surface area contributed by atoms with Crippen LogP contribution < -0.4 is 10.6 Å². The topological polar surface area (TPSA) is 76.7 Å². The molecule has 0 atom stereocenters. The molecule has 0 aliphatic carbocycles. The second kappa shape index (κ2) is 10.5. The van der Waals surface area contributed by atoms with Crippen molar-refractivity contribution in [3.63, 3.8) is 0 Å². The Hall–Kier alpha value is -3.80. The number of benzene rings is 3. The molecule has 3 rings (SSSR count). The number of hydrogen-bond acceptors (Lipinski definition) is 6. The van der Waals surface area contributed by atoms with Gasteiger partial charge in [-0.05, 0) is 61.7 Å². The van der Waals surface area contributed by atoms with Crippen LogP contribution in [0.25, 0.3) is 0 Å². The quantitative estimate of drug-likeness (QED) is 0.425. The summed E-state index contributed by atoms with van der Waals surface area (Å²) < 4.78 is 10.2. The Morgan fingerprint density at radius 1 is 0.781 bits per heavy atom. The summed E-state index contributed by atoms with van der Waals surface area (Å²) in [6, 6.07) is 18.7. The fraction of sp³-hybridized carbons (Fsp3) is 0.231. The van der Waals surface area contributed by atoms with Crippen LogP contribution in [-0.4, -0.2) is 25.7 Å². The van der Waals surface area contributed by atoms with Gasteiger partial charge in [0, 0.05) is 11.4 Å². The van der Waals surface area contributed by atoms with Gasteiger partial charge < -0.3 is 20.1 Å². The summed E-state index contributed by atoms with van der Waals surface area (Å²) in [6.07, 6.45) is 0.722. The molecule has 2 N–H and O–H groups in total. The summed E-state index contributed by atoms with van der Waals surface area (Å²) in [5.41, 5.74) is 5.78. The normalized spacial score (nSPS) is 10.4. The lowest BCUT2D eigenvalue weighted by molar-refractivity contribution is 0.0526. The summed E-state index contributed by atoms with van der Waals surface area (Å²) in [5.74, 6) is -0.892. The van der Waals surface area contributed by atoms with Crippen molar-refractivity contribution in [1.82, 2.24) is 0 Å². The Kier molecular flexibility index (Phi) is 7.49. The van der Waals surface area contributed by atoms with Gasteiger partial charge in [0.25, 0.3) is 0 Å². The van der Waals surface area contributed by atoms with Gasteiger partial charge in [0.15, 0.2) is 0 Å². The van der Waals surface area contributed by atoms with Gasteiger partial charge in [0.1, 0.15) is 0 Å². The van der Waals surface area contributed by atoms with Crippen molar-refractivity contribution in [1.29, 1.82) is 0 Å². The lowest BCUT2D eigenvalue weighted by atomic mass is 10.0. The summed E-state index contributed by atoms with van der Waals surface area (Å²) in [7, 11) is 1.34. The maximum absolute atomic E-state index is 12.7. The molecular formula is C26H28N2O4. The van der Waals surface area contributed by atoms with Gasteiger partial charge in [-0.2, -0.15) is 0 Å². The van der Waals surface area contributed by atoms with E-state index in [0.717, 1.165) is 28.9 Å². The van der Waals surface area contributed by atoms with E-state index in [9.17, 15) is 9.59 Å². The third-order valence-corrected chi connectivity index (χ3v) is 5.14. The molecule has 0 aromatic heterocycles. The first-order valence-corrected chi connectivity index (χ1v) is 10.6. The number of hydrogen-bond donors (Lipinski definition) is 2. The van der Waals surface area contributed by atoms with E-state index in [1.165, 1.54) is 7.11 Å². The van der Waals surface area contributed by atoms with Gasteiger partial charge >= 0.3 is 11.9 Å². The Balaban J connectivity index is 2.11. The van der Waals surface area contributed by atoms with Crippen LogP contribution in [0.1, 0.15) is 45.7 Å². The summed E-state index contributed by atoms with van der Waals surface area (Å²) in [6.45, 7) is 6.10. The first-order valence-electron chi connectivity index (χ1n) is 10.6. The Morgan fingerprint density at radius 3 is 2.09 bits per heavy atom. The number of carbonyl (C=O) groups excluding carboxylic acids is 2. The molecule has 0 amide bonds. The van der Waals surface area contributed by atoms with E-state index < -0.39 is 11.9 Å². The van der Waals surface area contributed by atoms with Crippen LogP contribution in [0.3, 0.4) is 0 Å². The number of methoxy groups -OCH3 is 1. The van der Waals surface area contributed by atoms with E-state index in [-0.39, 0.29) is 6.61 Å². The van der Waals surface area contributed by atoms with Crippen LogP contribution in [0, 0.1) is 6.92 Å². The number of para-hydroxylation sites is 2. The predicted molar refractivity (Wildman–Crippen MR) is 127 cm³/mol. The number of aryl methyl sites for hydroxylation is 2. The molecule has 0 fully saturated rings. The van der Waals surface area contributed by atoms with Crippen molar-refractivity contribution >= 4 is 34.7 Å². The number of anilines is 4. The van der Waals surface area contributed by atoms with Crippen molar-refractivity contribution in [2.75, 3.05) is 24.4 Å².